The minimum Gasteiger partial charge on any atom is -0.0622 e. The van der Waals surface area contributed by atoms with Gasteiger partial charge < -0.3 is 0 Å². The van der Waals surface area contributed by atoms with Crippen molar-refractivity contribution in [2.24, 2.45) is 0 Å². The van der Waals surface area contributed by atoms with E-state index in [9.17, 15) is 0 Å². The fourth-order valence-electron chi connectivity index (χ4n) is 8.86. The van der Waals surface area contributed by atoms with Crippen LogP contribution in [0.2, 0.25) is 0 Å². The van der Waals surface area contributed by atoms with Gasteiger partial charge in [-0.05, 0) is 152 Å². The van der Waals surface area contributed by atoms with Crippen LogP contribution in [-0.4, -0.2) is 0 Å². The first-order valence-corrected chi connectivity index (χ1v) is 19.4. The molecule has 11 rings (SSSR count). The van der Waals surface area contributed by atoms with Gasteiger partial charge in [-0.3, -0.25) is 0 Å². The molecule has 0 radical (unpaired) electrons. The Bertz CT molecular complexity index is 3280. The zero-order chi connectivity index (χ0) is 37.0. The van der Waals surface area contributed by atoms with Gasteiger partial charge in [-0.1, -0.05) is 176 Å². The van der Waals surface area contributed by atoms with E-state index in [1.54, 1.807) is 0 Å². The van der Waals surface area contributed by atoms with Gasteiger partial charge >= 0.3 is 0 Å². The maximum absolute atomic E-state index is 2.42. The second-order valence-electron chi connectivity index (χ2n) is 14.9. The SMILES string of the molecule is c1ccc(-c2cc3ccccc3cc2-c2ccc3c(c2)c(-c2ccccc2)cc2cc(-c4cccc(-c5cc6ccccc6c6ccccc56)c4)ccc23)cc1. The fourth-order valence-corrected chi connectivity index (χ4v) is 8.86. The van der Waals surface area contributed by atoms with Gasteiger partial charge in [0.25, 0.3) is 0 Å². The number of fused-ring (bicyclic) bond motifs is 7. The fraction of sp³-hybridized carbons (Fsp3) is 0. The minimum atomic E-state index is 1.21. The Morgan fingerprint density at radius 2 is 0.589 bits per heavy atom. The summed E-state index contributed by atoms with van der Waals surface area (Å²) in [5.74, 6) is 0. The minimum absolute atomic E-state index is 1.21. The van der Waals surface area contributed by atoms with Crippen LogP contribution >= 0.6 is 0 Å². The maximum Gasteiger partial charge on any atom is -0.00928 e. The molecule has 0 aromatic heterocycles. The Hall–Kier alpha value is -7.28. The van der Waals surface area contributed by atoms with Crippen molar-refractivity contribution in [1.82, 2.24) is 0 Å². The van der Waals surface area contributed by atoms with Crippen molar-refractivity contribution in [1.29, 1.82) is 0 Å². The van der Waals surface area contributed by atoms with Crippen molar-refractivity contribution in [2.75, 3.05) is 0 Å². The van der Waals surface area contributed by atoms with Crippen molar-refractivity contribution in [3.05, 3.63) is 218 Å². The molecule has 0 aliphatic carbocycles. The third kappa shape index (κ3) is 5.46. The molecule has 0 fully saturated rings. The van der Waals surface area contributed by atoms with Crippen LogP contribution in [-0.2, 0) is 0 Å². The summed E-state index contributed by atoms with van der Waals surface area (Å²) >= 11 is 0. The van der Waals surface area contributed by atoms with Gasteiger partial charge in [0.1, 0.15) is 0 Å². The quantitative estimate of drug-likeness (QED) is 0.156. The average Bonchev–Trinajstić information content (AvgIpc) is 3.28. The van der Waals surface area contributed by atoms with Gasteiger partial charge in [0, 0.05) is 0 Å². The molecule has 0 atom stereocenters. The zero-order valence-electron chi connectivity index (χ0n) is 30.8. The third-order valence-corrected chi connectivity index (χ3v) is 11.6. The lowest BCUT2D eigenvalue weighted by atomic mass is 9.87. The molecular formula is C56H36. The molecule has 56 heavy (non-hydrogen) atoms. The van der Waals surface area contributed by atoms with Crippen LogP contribution in [0.15, 0.2) is 218 Å². The molecule has 11 aromatic carbocycles. The first-order chi connectivity index (χ1) is 27.7. The van der Waals surface area contributed by atoms with E-state index >= 15 is 0 Å². The molecule has 260 valence electrons. The highest BCUT2D eigenvalue weighted by Crippen LogP contribution is 2.42. The molecule has 0 nitrogen and oxygen atoms in total. The second-order valence-corrected chi connectivity index (χ2v) is 14.9. The molecule has 0 aliphatic rings. The molecule has 0 amide bonds. The molecular weight excluding hydrogens is 673 g/mol. The standard InChI is InChI=1S/C56H36/c1-3-14-37(15-4-1)52-32-40-18-7-8-19-41(40)33-55(52)45-27-29-51-48-28-26-42(31-46(48)36-53(56(51)35-45)38-16-5-2-6-17-38)39-21-13-22-43(30-39)54-34-44-20-9-10-23-47(44)49-24-11-12-25-50(49)54/h1-36H. The van der Waals surface area contributed by atoms with Crippen LogP contribution in [0.25, 0.3) is 109 Å². The van der Waals surface area contributed by atoms with E-state index in [0.29, 0.717) is 0 Å². The van der Waals surface area contributed by atoms with E-state index in [2.05, 4.69) is 218 Å². The lowest BCUT2D eigenvalue weighted by Crippen LogP contribution is -1.90. The van der Waals surface area contributed by atoms with E-state index < -0.39 is 0 Å². The van der Waals surface area contributed by atoms with E-state index in [1.807, 2.05) is 0 Å². The monoisotopic (exact) mass is 708 g/mol. The number of hydrogen-bond acceptors (Lipinski definition) is 0. The van der Waals surface area contributed by atoms with Crippen LogP contribution in [0, 0.1) is 0 Å². The predicted octanol–water partition coefficient (Wildman–Crippen LogP) is 15.8. The molecule has 0 saturated heterocycles. The van der Waals surface area contributed by atoms with Crippen LogP contribution in [0.3, 0.4) is 0 Å². The van der Waals surface area contributed by atoms with Crippen molar-refractivity contribution >= 4 is 53.9 Å². The predicted molar refractivity (Wildman–Crippen MR) is 241 cm³/mol. The molecule has 0 aliphatic heterocycles. The summed E-state index contributed by atoms with van der Waals surface area (Å²) < 4.78 is 0. The van der Waals surface area contributed by atoms with Gasteiger partial charge in [0.05, 0.1) is 0 Å². The average molecular weight is 709 g/mol. The zero-order valence-corrected chi connectivity index (χ0v) is 30.8. The first kappa shape index (κ1) is 32.2. The number of rotatable bonds is 5. The van der Waals surface area contributed by atoms with Gasteiger partial charge in [0.15, 0.2) is 0 Å². The molecule has 0 saturated carbocycles. The normalized spacial score (nSPS) is 11.6. The number of hydrogen-bond donors (Lipinski definition) is 0. The van der Waals surface area contributed by atoms with Crippen molar-refractivity contribution in [2.45, 2.75) is 0 Å². The molecule has 0 spiro atoms. The summed E-state index contributed by atoms with van der Waals surface area (Å²) in [4.78, 5) is 0. The Morgan fingerprint density at radius 3 is 1.34 bits per heavy atom. The molecule has 11 aromatic rings. The van der Waals surface area contributed by atoms with Crippen molar-refractivity contribution < 1.29 is 0 Å². The lowest BCUT2D eigenvalue weighted by molar-refractivity contribution is 1.61. The highest BCUT2D eigenvalue weighted by molar-refractivity contribution is 6.16. The summed E-state index contributed by atoms with van der Waals surface area (Å²) in [5, 5.41) is 12.6. The van der Waals surface area contributed by atoms with Crippen molar-refractivity contribution in [3.63, 3.8) is 0 Å². The highest BCUT2D eigenvalue weighted by Gasteiger charge is 2.16. The third-order valence-electron chi connectivity index (χ3n) is 11.6. The summed E-state index contributed by atoms with van der Waals surface area (Å²) in [5.41, 5.74) is 12.3. The molecule has 0 N–H and O–H groups in total. The molecule has 0 bridgehead atoms. The first-order valence-electron chi connectivity index (χ1n) is 19.4. The number of benzene rings is 11. The summed E-state index contributed by atoms with van der Waals surface area (Å²) in [6.45, 7) is 0. The smallest absolute Gasteiger partial charge is 0.00928 e. The van der Waals surface area contributed by atoms with Gasteiger partial charge in [-0.2, -0.15) is 0 Å². The van der Waals surface area contributed by atoms with Crippen LogP contribution in [0.5, 0.6) is 0 Å². The van der Waals surface area contributed by atoms with E-state index in [1.165, 1.54) is 109 Å². The van der Waals surface area contributed by atoms with Crippen LogP contribution < -0.4 is 0 Å². The highest BCUT2D eigenvalue weighted by atomic mass is 14.2. The second kappa shape index (κ2) is 13.2. The topological polar surface area (TPSA) is 0 Å². The van der Waals surface area contributed by atoms with Crippen LogP contribution in [0.4, 0.5) is 0 Å². The van der Waals surface area contributed by atoms with E-state index in [-0.39, 0.29) is 0 Å². The van der Waals surface area contributed by atoms with Gasteiger partial charge in [0.2, 0.25) is 0 Å². The lowest BCUT2D eigenvalue weighted by Gasteiger charge is -2.17. The summed E-state index contributed by atoms with van der Waals surface area (Å²) in [6, 6.07) is 80.4. The van der Waals surface area contributed by atoms with E-state index in [0.717, 1.165) is 0 Å². The molecule has 0 heterocycles. The maximum atomic E-state index is 2.42. The Balaban J connectivity index is 1.08. The Morgan fingerprint density at radius 1 is 0.161 bits per heavy atom. The summed E-state index contributed by atoms with van der Waals surface area (Å²) in [6.07, 6.45) is 0. The van der Waals surface area contributed by atoms with Gasteiger partial charge in [-0.25, -0.2) is 0 Å². The van der Waals surface area contributed by atoms with Crippen LogP contribution in [0.1, 0.15) is 0 Å². The molecule has 0 heteroatoms. The van der Waals surface area contributed by atoms with Crippen molar-refractivity contribution in [3.8, 4) is 55.6 Å². The largest absolute Gasteiger partial charge is 0.0622 e. The Kier molecular flexibility index (Phi) is 7.60. The van der Waals surface area contributed by atoms with Gasteiger partial charge in [-0.15, -0.1) is 0 Å². The molecule has 0 unspecified atom stereocenters. The van der Waals surface area contributed by atoms with E-state index in [4.69, 9.17) is 0 Å². The summed E-state index contributed by atoms with van der Waals surface area (Å²) in [7, 11) is 0. The Labute approximate surface area is 326 Å².